The molecular formula is C18H21FN2O2S. The Hall–Kier alpha value is -1.92. The molecule has 128 valence electrons. The molecule has 1 unspecified atom stereocenters. The zero-order chi connectivity index (χ0) is 16.8. The topological polar surface area (TPSA) is 41.6 Å². The number of carbonyl (C=O) groups excluding carboxylic acids is 1. The Morgan fingerprint density at radius 2 is 2.00 bits per heavy atom. The summed E-state index contributed by atoms with van der Waals surface area (Å²) < 4.78 is 18.2. The Bertz CT molecular complexity index is 640. The largest absolute Gasteiger partial charge is 0.484 e. The summed E-state index contributed by atoms with van der Waals surface area (Å²) in [5.41, 5.74) is 1.25. The quantitative estimate of drug-likeness (QED) is 0.835. The van der Waals surface area contributed by atoms with E-state index >= 15 is 0 Å². The highest BCUT2D eigenvalue weighted by Crippen LogP contribution is 2.26. The second-order valence-corrected chi connectivity index (χ2v) is 6.64. The van der Waals surface area contributed by atoms with Crippen molar-refractivity contribution in [1.82, 2.24) is 10.2 Å². The van der Waals surface area contributed by atoms with E-state index in [4.69, 9.17) is 4.74 Å². The van der Waals surface area contributed by atoms with E-state index in [1.165, 1.54) is 42.7 Å². The number of amides is 1. The molecule has 1 fully saturated rings. The molecule has 1 aromatic carbocycles. The van der Waals surface area contributed by atoms with E-state index in [-0.39, 0.29) is 24.4 Å². The molecule has 6 heteroatoms. The number of likely N-dealkylation sites (tertiary alicyclic amines) is 1. The van der Waals surface area contributed by atoms with Crippen LogP contribution in [0.5, 0.6) is 5.75 Å². The van der Waals surface area contributed by atoms with Crippen molar-refractivity contribution < 1.29 is 13.9 Å². The highest BCUT2D eigenvalue weighted by molar-refractivity contribution is 7.07. The minimum atomic E-state index is -0.323. The van der Waals surface area contributed by atoms with E-state index in [0.29, 0.717) is 12.3 Å². The molecular weight excluding hydrogens is 327 g/mol. The Labute approximate surface area is 145 Å². The molecule has 2 heterocycles. The molecule has 0 aliphatic carbocycles. The van der Waals surface area contributed by atoms with Crippen LogP contribution in [0.3, 0.4) is 0 Å². The zero-order valence-electron chi connectivity index (χ0n) is 13.4. The maximum absolute atomic E-state index is 12.8. The summed E-state index contributed by atoms with van der Waals surface area (Å²) >= 11 is 1.67. The van der Waals surface area contributed by atoms with Crippen molar-refractivity contribution in [2.45, 2.75) is 18.9 Å². The van der Waals surface area contributed by atoms with E-state index in [1.54, 1.807) is 11.3 Å². The number of benzene rings is 1. The lowest BCUT2D eigenvalue weighted by Gasteiger charge is -2.27. The first kappa shape index (κ1) is 16.9. The van der Waals surface area contributed by atoms with E-state index in [0.717, 1.165) is 13.1 Å². The standard InChI is InChI=1S/C18H21FN2O2S/c19-15-3-5-16(6-4-15)23-12-18(22)20-11-17(14-7-10-24-13-14)21-8-1-2-9-21/h3-7,10,13,17H,1-2,8-9,11-12H2,(H,20,22). The fourth-order valence-corrected chi connectivity index (χ4v) is 3.62. The molecule has 0 bridgehead atoms. The molecule has 1 aromatic heterocycles. The van der Waals surface area contributed by atoms with Gasteiger partial charge in [-0.2, -0.15) is 11.3 Å². The van der Waals surface area contributed by atoms with Gasteiger partial charge >= 0.3 is 0 Å². The summed E-state index contributed by atoms with van der Waals surface area (Å²) in [5, 5.41) is 7.16. The first-order valence-corrected chi connectivity index (χ1v) is 9.08. The number of rotatable bonds is 7. The summed E-state index contributed by atoms with van der Waals surface area (Å²) in [5.74, 6) is -0.00440. The van der Waals surface area contributed by atoms with Crippen LogP contribution < -0.4 is 10.1 Å². The Morgan fingerprint density at radius 1 is 1.25 bits per heavy atom. The third-order valence-electron chi connectivity index (χ3n) is 4.19. The molecule has 0 saturated carbocycles. The summed E-state index contributed by atoms with van der Waals surface area (Å²) in [6, 6.07) is 7.99. The smallest absolute Gasteiger partial charge is 0.258 e. The van der Waals surface area contributed by atoms with Gasteiger partial charge in [0, 0.05) is 6.54 Å². The number of ether oxygens (including phenoxy) is 1. The van der Waals surface area contributed by atoms with Crippen molar-refractivity contribution in [1.29, 1.82) is 0 Å². The molecule has 1 atom stereocenters. The Kier molecular flexibility index (Phi) is 5.82. The van der Waals surface area contributed by atoms with Gasteiger partial charge in [-0.05, 0) is 72.6 Å². The molecule has 1 amide bonds. The van der Waals surface area contributed by atoms with Crippen LogP contribution in [0.1, 0.15) is 24.4 Å². The first-order valence-electron chi connectivity index (χ1n) is 8.13. The maximum Gasteiger partial charge on any atom is 0.258 e. The third-order valence-corrected chi connectivity index (χ3v) is 4.89. The molecule has 24 heavy (non-hydrogen) atoms. The lowest BCUT2D eigenvalue weighted by Crippen LogP contribution is -2.38. The minimum absolute atomic E-state index is 0.0675. The fraction of sp³-hybridized carbons (Fsp3) is 0.389. The van der Waals surface area contributed by atoms with Gasteiger partial charge in [-0.25, -0.2) is 4.39 Å². The van der Waals surface area contributed by atoms with Gasteiger partial charge < -0.3 is 10.1 Å². The van der Waals surface area contributed by atoms with Crippen molar-refractivity contribution in [3.8, 4) is 5.75 Å². The second-order valence-electron chi connectivity index (χ2n) is 5.86. The molecule has 1 saturated heterocycles. The van der Waals surface area contributed by atoms with Gasteiger partial charge in [-0.1, -0.05) is 0 Å². The summed E-state index contributed by atoms with van der Waals surface area (Å²) in [4.78, 5) is 14.5. The van der Waals surface area contributed by atoms with Gasteiger partial charge in [0.25, 0.3) is 5.91 Å². The maximum atomic E-state index is 12.8. The van der Waals surface area contributed by atoms with Gasteiger partial charge in [-0.3, -0.25) is 9.69 Å². The number of carbonyl (C=O) groups is 1. The number of nitrogens with zero attached hydrogens (tertiary/aromatic N) is 1. The number of hydrogen-bond acceptors (Lipinski definition) is 4. The first-order chi connectivity index (χ1) is 11.7. The van der Waals surface area contributed by atoms with E-state index in [1.807, 2.05) is 0 Å². The average Bonchev–Trinajstić information content (AvgIpc) is 3.29. The molecule has 1 N–H and O–H groups in total. The van der Waals surface area contributed by atoms with Crippen molar-refractivity contribution in [2.24, 2.45) is 0 Å². The molecule has 4 nitrogen and oxygen atoms in total. The fourth-order valence-electron chi connectivity index (χ4n) is 2.92. The van der Waals surface area contributed by atoms with Crippen LogP contribution in [0.4, 0.5) is 4.39 Å². The van der Waals surface area contributed by atoms with Crippen LogP contribution in [0.25, 0.3) is 0 Å². The lowest BCUT2D eigenvalue weighted by molar-refractivity contribution is -0.123. The monoisotopic (exact) mass is 348 g/mol. The van der Waals surface area contributed by atoms with Gasteiger partial charge in [0.2, 0.25) is 0 Å². The van der Waals surface area contributed by atoms with Crippen molar-refractivity contribution >= 4 is 17.2 Å². The summed E-state index contributed by atoms with van der Waals surface area (Å²) in [7, 11) is 0. The van der Waals surface area contributed by atoms with Crippen LogP contribution in [0.2, 0.25) is 0 Å². The van der Waals surface area contributed by atoms with Crippen LogP contribution in [0, 0.1) is 5.82 Å². The van der Waals surface area contributed by atoms with Crippen LogP contribution in [0.15, 0.2) is 41.1 Å². The molecule has 2 aromatic rings. The van der Waals surface area contributed by atoms with Crippen LogP contribution in [-0.4, -0.2) is 37.0 Å². The number of nitrogens with one attached hydrogen (secondary N) is 1. The van der Waals surface area contributed by atoms with E-state index in [2.05, 4.69) is 27.0 Å². The Balaban J connectivity index is 1.50. The molecule has 3 rings (SSSR count). The third kappa shape index (κ3) is 4.55. The van der Waals surface area contributed by atoms with Gasteiger partial charge in [0.05, 0.1) is 6.04 Å². The molecule has 1 aliphatic rings. The van der Waals surface area contributed by atoms with Gasteiger partial charge in [0.15, 0.2) is 6.61 Å². The van der Waals surface area contributed by atoms with Crippen molar-refractivity contribution in [3.05, 3.63) is 52.5 Å². The van der Waals surface area contributed by atoms with Crippen molar-refractivity contribution in [2.75, 3.05) is 26.2 Å². The van der Waals surface area contributed by atoms with Crippen molar-refractivity contribution in [3.63, 3.8) is 0 Å². The highest BCUT2D eigenvalue weighted by Gasteiger charge is 2.24. The normalized spacial score (nSPS) is 16.0. The van der Waals surface area contributed by atoms with Crippen LogP contribution >= 0.6 is 11.3 Å². The predicted molar refractivity (Wildman–Crippen MR) is 92.8 cm³/mol. The SMILES string of the molecule is O=C(COc1ccc(F)cc1)NCC(c1ccsc1)N1CCCC1. The number of halogens is 1. The summed E-state index contributed by atoms with van der Waals surface area (Å²) in [6.07, 6.45) is 2.42. The number of thiophene rings is 1. The van der Waals surface area contributed by atoms with Crippen LogP contribution in [-0.2, 0) is 4.79 Å². The zero-order valence-corrected chi connectivity index (χ0v) is 14.2. The highest BCUT2D eigenvalue weighted by atomic mass is 32.1. The molecule has 1 aliphatic heterocycles. The second kappa shape index (κ2) is 8.26. The van der Waals surface area contributed by atoms with Gasteiger partial charge in [-0.15, -0.1) is 0 Å². The van der Waals surface area contributed by atoms with E-state index in [9.17, 15) is 9.18 Å². The minimum Gasteiger partial charge on any atom is -0.484 e. The average molecular weight is 348 g/mol. The lowest BCUT2D eigenvalue weighted by atomic mass is 10.1. The van der Waals surface area contributed by atoms with E-state index < -0.39 is 0 Å². The molecule has 0 radical (unpaired) electrons. The Morgan fingerprint density at radius 3 is 2.67 bits per heavy atom. The summed E-state index contributed by atoms with van der Waals surface area (Å²) in [6.45, 7) is 2.65. The molecule has 0 spiro atoms. The van der Waals surface area contributed by atoms with Gasteiger partial charge in [0.1, 0.15) is 11.6 Å². The predicted octanol–water partition coefficient (Wildman–Crippen LogP) is 3.22. The number of hydrogen-bond donors (Lipinski definition) is 1.